The third-order valence-electron chi connectivity index (χ3n) is 6.80. The number of nitrogens with one attached hydrogen (secondary N) is 2. The monoisotopic (exact) mass is 534 g/mol. The van der Waals surface area contributed by atoms with Gasteiger partial charge in [0, 0.05) is 35.4 Å². The van der Waals surface area contributed by atoms with Gasteiger partial charge in [-0.3, -0.25) is 9.59 Å². The van der Waals surface area contributed by atoms with Gasteiger partial charge in [0.05, 0.1) is 17.2 Å². The molecule has 3 atom stereocenters. The van der Waals surface area contributed by atoms with Crippen molar-refractivity contribution < 1.29 is 19.4 Å². The lowest BCUT2D eigenvalue weighted by atomic mass is 9.96. The maximum Gasteiger partial charge on any atom is 0.263 e. The summed E-state index contributed by atoms with van der Waals surface area (Å²) < 4.78 is 5.94. The van der Waals surface area contributed by atoms with Crippen LogP contribution in [0.4, 0.5) is 5.82 Å². The number of hydrogen-bond acceptors (Lipinski definition) is 6. The number of aliphatic hydroxyl groups is 1. The van der Waals surface area contributed by atoms with Gasteiger partial charge < -0.3 is 25.4 Å². The number of ether oxygens (including phenoxy) is 1. The van der Waals surface area contributed by atoms with E-state index >= 15 is 0 Å². The van der Waals surface area contributed by atoms with Crippen molar-refractivity contribution in [2.75, 3.05) is 11.5 Å². The van der Waals surface area contributed by atoms with E-state index in [4.69, 9.17) is 33.0 Å². The van der Waals surface area contributed by atoms with Crippen LogP contribution in [0.25, 0.3) is 0 Å². The molecule has 4 rings (SSSR count). The fourth-order valence-corrected chi connectivity index (χ4v) is 5.38. The lowest BCUT2D eigenvalue weighted by Crippen LogP contribution is -2.55. The summed E-state index contributed by atoms with van der Waals surface area (Å²) in [6.07, 6.45) is 5.23. The molecule has 3 N–H and O–H groups in total. The predicted octanol–water partition coefficient (Wildman–Crippen LogP) is 3.97. The quantitative estimate of drug-likeness (QED) is 0.473. The number of piperidine rings is 1. The molecule has 2 aliphatic rings. The minimum Gasteiger partial charge on any atom is -0.476 e. The van der Waals surface area contributed by atoms with Crippen LogP contribution in [0.2, 0.25) is 10.0 Å². The summed E-state index contributed by atoms with van der Waals surface area (Å²) in [4.78, 5) is 32.3. The van der Waals surface area contributed by atoms with Crippen molar-refractivity contribution in [3.8, 4) is 5.75 Å². The molecule has 1 aromatic heterocycles. The van der Waals surface area contributed by atoms with Gasteiger partial charge in [-0.1, -0.05) is 23.2 Å². The first-order valence-electron chi connectivity index (χ1n) is 12.2. The third-order valence-corrected chi connectivity index (χ3v) is 7.33. The Hall–Kier alpha value is -2.55. The van der Waals surface area contributed by atoms with Crippen LogP contribution in [-0.2, 0) is 4.79 Å². The molecule has 36 heavy (non-hydrogen) atoms. The highest BCUT2D eigenvalue weighted by molar-refractivity contribution is 6.35. The van der Waals surface area contributed by atoms with Gasteiger partial charge >= 0.3 is 0 Å². The van der Waals surface area contributed by atoms with Gasteiger partial charge in [-0.15, -0.1) is 0 Å². The van der Waals surface area contributed by atoms with Crippen molar-refractivity contribution in [3.05, 3.63) is 52.1 Å². The Morgan fingerprint density at radius 1 is 1.19 bits per heavy atom. The highest BCUT2D eigenvalue weighted by atomic mass is 35.5. The number of rotatable bonds is 8. The van der Waals surface area contributed by atoms with Crippen LogP contribution in [0.15, 0.2) is 36.5 Å². The number of pyridine rings is 1. The summed E-state index contributed by atoms with van der Waals surface area (Å²) in [6, 6.07) is 8.77. The molecule has 0 aliphatic carbocycles. The molecule has 8 nitrogen and oxygen atoms in total. The molecular formula is C26H32Cl2N4O4. The molecule has 2 unspecified atom stereocenters. The number of anilines is 1. The number of halogens is 2. The predicted molar refractivity (Wildman–Crippen MR) is 140 cm³/mol. The molecule has 0 radical (unpaired) electrons. The normalized spacial score (nSPS) is 22.2. The number of carbonyl (C=O) groups excluding carboxylic acids is 2. The largest absolute Gasteiger partial charge is 0.476 e. The molecule has 3 heterocycles. The molecule has 0 saturated carbocycles. The number of amides is 2. The molecule has 1 aromatic carbocycles. The van der Waals surface area contributed by atoms with E-state index < -0.39 is 5.60 Å². The average molecular weight is 535 g/mol. The van der Waals surface area contributed by atoms with Gasteiger partial charge in [0.2, 0.25) is 0 Å². The molecule has 194 valence electrons. The number of fused-ring (bicyclic) bond motifs is 2. The SMILES string of the molecule is C[C@@H](CO)NC(=O)c1ccc(N2C3CCC2CC(NC(=O)C(C)(C)Oc2ccc(Cl)cc2Cl)C3)nc1. The fraction of sp³-hybridized carbons (Fsp3) is 0.500. The van der Waals surface area contributed by atoms with E-state index in [1.54, 1.807) is 51.2 Å². The number of benzene rings is 1. The topological polar surface area (TPSA) is 104 Å². The molecule has 2 amide bonds. The molecule has 2 bridgehead atoms. The van der Waals surface area contributed by atoms with E-state index in [-0.39, 0.29) is 42.6 Å². The van der Waals surface area contributed by atoms with Crippen LogP contribution in [0.3, 0.4) is 0 Å². The summed E-state index contributed by atoms with van der Waals surface area (Å²) >= 11 is 12.2. The number of aromatic nitrogens is 1. The van der Waals surface area contributed by atoms with Gasteiger partial charge in [0.15, 0.2) is 5.60 Å². The Morgan fingerprint density at radius 2 is 1.89 bits per heavy atom. The summed E-state index contributed by atoms with van der Waals surface area (Å²) in [6.45, 7) is 5.06. The summed E-state index contributed by atoms with van der Waals surface area (Å²) in [5, 5.41) is 15.9. The number of aliphatic hydroxyl groups excluding tert-OH is 1. The van der Waals surface area contributed by atoms with Crippen LogP contribution >= 0.6 is 23.2 Å². The van der Waals surface area contributed by atoms with Gasteiger partial charge in [0.25, 0.3) is 11.8 Å². The van der Waals surface area contributed by atoms with E-state index in [1.807, 2.05) is 6.07 Å². The van der Waals surface area contributed by atoms with E-state index in [9.17, 15) is 9.59 Å². The van der Waals surface area contributed by atoms with E-state index in [2.05, 4.69) is 20.5 Å². The number of hydrogen-bond donors (Lipinski definition) is 3. The number of carbonyl (C=O) groups is 2. The van der Waals surface area contributed by atoms with Gasteiger partial charge in [-0.2, -0.15) is 0 Å². The first-order valence-corrected chi connectivity index (χ1v) is 12.9. The van der Waals surface area contributed by atoms with Gasteiger partial charge in [-0.05, 0) is 76.8 Å². The van der Waals surface area contributed by atoms with Crippen LogP contribution < -0.4 is 20.3 Å². The summed E-state index contributed by atoms with van der Waals surface area (Å²) in [5.74, 6) is 0.784. The van der Waals surface area contributed by atoms with Crippen LogP contribution in [0.1, 0.15) is 56.8 Å². The van der Waals surface area contributed by atoms with Crippen LogP contribution in [0, 0.1) is 0 Å². The van der Waals surface area contributed by atoms with Crippen molar-refractivity contribution >= 4 is 40.8 Å². The zero-order valence-electron chi connectivity index (χ0n) is 20.6. The highest BCUT2D eigenvalue weighted by Gasteiger charge is 2.43. The zero-order valence-corrected chi connectivity index (χ0v) is 22.1. The van der Waals surface area contributed by atoms with Gasteiger partial charge in [0.1, 0.15) is 11.6 Å². The minimum atomic E-state index is -1.11. The smallest absolute Gasteiger partial charge is 0.263 e. The highest BCUT2D eigenvalue weighted by Crippen LogP contribution is 2.39. The maximum atomic E-state index is 13.1. The fourth-order valence-electron chi connectivity index (χ4n) is 4.93. The van der Waals surface area contributed by atoms with Crippen molar-refractivity contribution in [2.45, 2.75) is 76.2 Å². The zero-order chi connectivity index (χ0) is 26.0. The molecule has 2 fully saturated rings. The van der Waals surface area contributed by atoms with Crippen molar-refractivity contribution in [1.82, 2.24) is 15.6 Å². The van der Waals surface area contributed by atoms with E-state index in [0.29, 0.717) is 21.4 Å². The minimum absolute atomic E-state index is 0.0276. The summed E-state index contributed by atoms with van der Waals surface area (Å²) in [5.41, 5.74) is -0.657. The molecule has 2 aliphatic heterocycles. The Kier molecular flexibility index (Phi) is 7.97. The van der Waals surface area contributed by atoms with Crippen molar-refractivity contribution in [1.29, 1.82) is 0 Å². The molecular weight excluding hydrogens is 503 g/mol. The average Bonchev–Trinajstić information content (AvgIpc) is 3.10. The molecule has 0 spiro atoms. The second-order valence-corrected chi connectivity index (χ2v) is 10.9. The van der Waals surface area contributed by atoms with Crippen molar-refractivity contribution in [2.24, 2.45) is 0 Å². The first kappa shape index (κ1) is 26.5. The van der Waals surface area contributed by atoms with Gasteiger partial charge in [-0.25, -0.2) is 4.98 Å². The molecule has 2 aromatic rings. The Balaban J connectivity index is 1.37. The maximum absolute atomic E-state index is 13.1. The van der Waals surface area contributed by atoms with Crippen LogP contribution in [-0.4, -0.2) is 58.3 Å². The number of nitrogens with zero attached hydrogens (tertiary/aromatic N) is 2. The Morgan fingerprint density at radius 3 is 2.47 bits per heavy atom. The lowest BCUT2D eigenvalue weighted by Gasteiger charge is -2.40. The Labute approximate surface area is 221 Å². The molecule has 10 heteroatoms. The van der Waals surface area contributed by atoms with Crippen molar-refractivity contribution in [3.63, 3.8) is 0 Å². The van der Waals surface area contributed by atoms with Crippen LogP contribution in [0.5, 0.6) is 5.75 Å². The summed E-state index contributed by atoms with van der Waals surface area (Å²) in [7, 11) is 0. The second kappa shape index (κ2) is 10.8. The lowest BCUT2D eigenvalue weighted by molar-refractivity contribution is -0.135. The van der Waals surface area contributed by atoms with E-state index in [0.717, 1.165) is 31.5 Å². The van der Waals surface area contributed by atoms with E-state index in [1.165, 1.54) is 0 Å². The Bertz CT molecular complexity index is 1100. The third kappa shape index (κ3) is 5.88. The first-order chi connectivity index (χ1) is 17.1. The standard InChI is InChI=1S/C26H32Cl2N4O4/c1-15(14-33)30-24(34)16-4-9-23(29-13-16)32-19-6-7-20(32)12-18(11-19)31-25(35)26(2,3)36-22-8-5-17(27)10-21(22)28/h4-5,8-10,13,15,18-20,33H,6-7,11-12,14H2,1-3H3,(H,30,34)(H,31,35)/t15-,18?,19?,20?/m0/s1. The second-order valence-electron chi connectivity index (χ2n) is 10.1. The molecule has 2 saturated heterocycles.